The van der Waals surface area contributed by atoms with E-state index in [4.69, 9.17) is 5.73 Å². The maximum absolute atomic E-state index is 11.4. The molecule has 0 aliphatic heterocycles. The van der Waals surface area contributed by atoms with E-state index >= 15 is 0 Å². The third-order valence-corrected chi connectivity index (χ3v) is 2.93. The lowest BCUT2D eigenvalue weighted by Crippen LogP contribution is -2.03. The van der Waals surface area contributed by atoms with Crippen LogP contribution in [0.5, 0.6) is 0 Å². The Morgan fingerprint density at radius 1 is 1.50 bits per heavy atom. The number of methoxy groups -OCH3 is 1. The summed E-state index contributed by atoms with van der Waals surface area (Å²) in [5.74, 6) is 0.124. The van der Waals surface area contributed by atoms with Crippen molar-refractivity contribution >= 4 is 23.0 Å². The molecule has 0 radical (unpaired) electrons. The number of ether oxygens (including phenoxy) is 1. The van der Waals surface area contributed by atoms with Crippen LogP contribution >= 0.6 is 0 Å². The number of aryl methyl sites for hydroxylation is 1. The fourth-order valence-electron chi connectivity index (χ4n) is 1.94. The number of unbranched alkanes of at least 4 members (excludes halogenated alkanes) is 1. The van der Waals surface area contributed by atoms with Crippen molar-refractivity contribution < 1.29 is 9.53 Å². The number of carbonyl (C=O) groups excluding carboxylic acids is 1. The minimum absolute atomic E-state index is 0.362. The highest BCUT2D eigenvalue weighted by molar-refractivity contribution is 5.94. The Hall–Kier alpha value is -2.04. The number of anilines is 1. The predicted molar refractivity (Wildman–Crippen MR) is 70.4 cm³/mol. The summed E-state index contributed by atoms with van der Waals surface area (Å²) in [7, 11) is 1.36. The van der Waals surface area contributed by atoms with E-state index in [1.165, 1.54) is 7.11 Å². The normalized spacial score (nSPS) is 10.8. The van der Waals surface area contributed by atoms with Crippen molar-refractivity contribution in [3.63, 3.8) is 0 Å². The van der Waals surface area contributed by atoms with E-state index in [1.807, 2.05) is 10.6 Å². The summed E-state index contributed by atoms with van der Waals surface area (Å²) in [5, 5.41) is 0. The zero-order valence-corrected chi connectivity index (χ0v) is 10.6. The second-order valence-electron chi connectivity index (χ2n) is 4.17. The van der Waals surface area contributed by atoms with Crippen LogP contribution in [0.3, 0.4) is 0 Å². The van der Waals surface area contributed by atoms with E-state index in [9.17, 15) is 4.79 Å². The number of hydrogen-bond acceptors (Lipinski definition) is 4. The number of hydrogen-bond donors (Lipinski definition) is 1. The summed E-state index contributed by atoms with van der Waals surface area (Å²) in [4.78, 5) is 15.7. The molecular formula is C13H17N3O2. The van der Waals surface area contributed by atoms with Gasteiger partial charge in [0.2, 0.25) is 5.95 Å². The first kappa shape index (κ1) is 12.4. The van der Waals surface area contributed by atoms with Gasteiger partial charge in [0, 0.05) is 6.54 Å². The van der Waals surface area contributed by atoms with Crippen molar-refractivity contribution in [1.82, 2.24) is 9.55 Å². The van der Waals surface area contributed by atoms with Crippen LogP contribution < -0.4 is 5.73 Å². The molecule has 5 nitrogen and oxygen atoms in total. The molecule has 0 spiro atoms. The Morgan fingerprint density at radius 2 is 2.28 bits per heavy atom. The van der Waals surface area contributed by atoms with Gasteiger partial charge >= 0.3 is 5.97 Å². The highest BCUT2D eigenvalue weighted by Crippen LogP contribution is 2.20. The summed E-state index contributed by atoms with van der Waals surface area (Å²) in [6.07, 6.45) is 2.15. The molecule has 2 aromatic rings. The summed E-state index contributed by atoms with van der Waals surface area (Å²) in [5.41, 5.74) is 8.06. The molecule has 1 aromatic heterocycles. The Bertz CT molecular complexity index is 575. The van der Waals surface area contributed by atoms with E-state index in [2.05, 4.69) is 16.6 Å². The summed E-state index contributed by atoms with van der Waals surface area (Å²) in [6.45, 7) is 2.97. The molecule has 2 N–H and O–H groups in total. The highest BCUT2D eigenvalue weighted by Gasteiger charge is 2.11. The van der Waals surface area contributed by atoms with Gasteiger partial charge in [0.1, 0.15) is 0 Å². The van der Waals surface area contributed by atoms with E-state index in [-0.39, 0.29) is 5.97 Å². The third-order valence-electron chi connectivity index (χ3n) is 2.93. The zero-order valence-electron chi connectivity index (χ0n) is 10.6. The monoisotopic (exact) mass is 247 g/mol. The number of esters is 1. The predicted octanol–water partition coefficient (Wildman–Crippen LogP) is 2.21. The molecule has 5 heteroatoms. The molecule has 0 aliphatic carbocycles. The molecule has 0 aliphatic rings. The fourth-order valence-corrected chi connectivity index (χ4v) is 1.94. The van der Waals surface area contributed by atoms with Gasteiger partial charge in [-0.05, 0) is 24.6 Å². The fraction of sp³-hybridized carbons (Fsp3) is 0.385. The SMILES string of the molecule is CCCCn1c(N)nc2cc(C(=O)OC)ccc21. The van der Waals surface area contributed by atoms with E-state index in [0.29, 0.717) is 11.5 Å². The minimum atomic E-state index is -0.362. The number of nitrogens with two attached hydrogens (primary N) is 1. The van der Waals surface area contributed by atoms with Crippen molar-refractivity contribution in [1.29, 1.82) is 0 Å². The number of imidazole rings is 1. The minimum Gasteiger partial charge on any atom is -0.465 e. The van der Waals surface area contributed by atoms with Gasteiger partial charge in [0.05, 0.1) is 23.7 Å². The number of nitrogen functional groups attached to an aromatic ring is 1. The molecule has 0 saturated carbocycles. The molecule has 0 bridgehead atoms. The summed E-state index contributed by atoms with van der Waals surface area (Å²) >= 11 is 0. The third kappa shape index (κ3) is 2.16. The molecule has 18 heavy (non-hydrogen) atoms. The number of fused-ring (bicyclic) bond motifs is 1. The van der Waals surface area contributed by atoms with Crippen LogP contribution in [0, 0.1) is 0 Å². The number of benzene rings is 1. The molecule has 0 amide bonds. The Kier molecular flexibility index (Phi) is 3.50. The standard InChI is InChI=1S/C13H17N3O2/c1-3-4-7-16-11-6-5-9(12(17)18-2)8-10(11)15-13(16)14/h5-6,8H,3-4,7H2,1-2H3,(H2,14,15). The van der Waals surface area contributed by atoms with Gasteiger partial charge in [0.25, 0.3) is 0 Å². The van der Waals surface area contributed by atoms with Crippen molar-refractivity contribution in [3.05, 3.63) is 23.8 Å². The Balaban J connectivity index is 2.44. The van der Waals surface area contributed by atoms with Gasteiger partial charge in [-0.25, -0.2) is 9.78 Å². The van der Waals surface area contributed by atoms with Crippen LogP contribution in [0.2, 0.25) is 0 Å². The average Bonchev–Trinajstić information content (AvgIpc) is 2.70. The van der Waals surface area contributed by atoms with Crippen molar-refractivity contribution in [2.24, 2.45) is 0 Å². The van der Waals surface area contributed by atoms with E-state index in [1.54, 1.807) is 12.1 Å². The van der Waals surface area contributed by atoms with Crippen LogP contribution in [-0.2, 0) is 11.3 Å². The van der Waals surface area contributed by atoms with Gasteiger partial charge in [-0.15, -0.1) is 0 Å². The molecule has 2 rings (SSSR count). The molecule has 0 unspecified atom stereocenters. The van der Waals surface area contributed by atoms with Gasteiger partial charge in [0.15, 0.2) is 0 Å². The second-order valence-corrected chi connectivity index (χ2v) is 4.17. The maximum atomic E-state index is 11.4. The van der Waals surface area contributed by atoms with Gasteiger partial charge < -0.3 is 15.0 Å². The molecule has 96 valence electrons. The first-order valence-electron chi connectivity index (χ1n) is 6.01. The maximum Gasteiger partial charge on any atom is 0.337 e. The number of rotatable bonds is 4. The van der Waals surface area contributed by atoms with Crippen LogP contribution in [0.15, 0.2) is 18.2 Å². The van der Waals surface area contributed by atoms with Crippen molar-refractivity contribution in [3.8, 4) is 0 Å². The van der Waals surface area contributed by atoms with Crippen LogP contribution in [-0.4, -0.2) is 22.6 Å². The lowest BCUT2D eigenvalue weighted by Gasteiger charge is -2.05. The molecule has 0 saturated heterocycles. The van der Waals surface area contributed by atoms with Crippen LogP contribution in [0.4, 0.5) is 5.95 Å². The molecule has 0 fully saturated rings. The Morgan fingerprint density at radius 3 is 2.94 bits per heavy atom. The average molecular weight is 247 g/mol. The highest BCUT2D eigenvalue weighted by atomic mass is 16.5. The summed E-state index contributed by atoms with van der Waals surface area (Å²) < 4.78 is 6.65. The molecule has 1 aromatic carbocycles. The van der Waals surface area contributed by atoms with E-state index in [0.717, 1.165) is 30.4 Å². The van der Waals surface area contributed by atoms with Crippen LogP contribution in [0.1, 0.15) is 30.1 Å². The van der Waals surface area contributed by atoms with Gasteiger partial charge in [-0.3, -0.25) is 0 Å². The lowest BCUT2D eigenvalue weighted by atomic mass is 10.2. The number of aromatic nitrogens is 2. The largest absolute Gasteiger partial charge is 0.465 e. The van der Waals surface area contributed by atoms with E-state index < -0.39 is 0 Å². The van der Waals surface area contributed by atoms with Crippen LogP contribution in [0.25, 0.3) is 11.0 Å². The summed E-state index contributed by atoms with van der Waals surface area (Å²) in [6, 6.07) is 5.30. The van der Waals surface area contributed by atoms with Gasteiger partial charge in [-0.1, -0.05) is 13.3 Å². The number of nitrogens with zero attached hydrogens (tertiary/aromatic N) is 2. The first-order valence-corrected chi connectivity index (χ1v) is 6.01. The molecule has 0 atom stereocenters. The topological polar surface area (TPSA) is 70.1 Å². The smallest absolute Gasteiger partial charge is 0.337 e. The molecule has 1 heterocycles. The zero-order chi connectivity index (χ0) is 13.1. The number of carbonyl (C=O) groups is 1. The van der Waals surface area contributed by atoms with Crippen molar-refractivity contribution in [2.45, 2.75) is 26.3 Å². The quantitative estimate of drug-likeness (QED) is 0.841. The van der Waals surface area contributed by atoms with Crippen molar-refractivity contribution in [2.75, 3.05) is 12.8 Å². The Labute approximate surface area is 106 Å². The van der Waals surface area contributed by atoms with Gasteiger partial charge in [-0.2, -0.15) is 0 Å². The lowest BCUT2D eigenvalue weighted by molar-refractivity contribution is 0.0601. The second kappa shape index (κ2) is 5.08. The first-order chi connectivity index (χ1) is 8.67. The molecular weight excluding hydrogens is 230 g/mol.